The Morgan fingerprint density at radius 1 is 1.03 bits per heavy atom. The number of fused-ring (bicyclic) bond motifs is 3. The maximum atomic E-state index is 12.6. The van der Waals surface area contributed by atoms with Gasteiger partial charge in [0.25, 0.3) is 0 Å². The van der Waals surface area contributed by atoms with Gasteiger partial charge in [-0.1, -0.05) is 60.2 Å². The van der Waals surface area contributed by atoms with E-state index in [1.165, 1.54) is 39.8 Å². The van der Waals surface area contributed by atoms with E-state index in [1.807, 2.05) is 25.1 Å². The van der Waals surface area contributed by atoms with Crippen molar-refractivity contribution in [1.82, 2.24) is 4.98 Å². The van der Waals surface area contributed by atoms with Gasteiger partial charge in [-0.2, -0.15) is 0 Å². The van der Waals surface area contributed by atoms with Crippen LogP contribution in [0.15, 0.2) is 54.6 Å². The third kappa shape index (κ3) is 4.20. The van der Waals surface area contributed by atoms with Gasteiger partial charge in [-0.05, 0) is 80.2 Å². The minimum absolute atomic E-state index is 0.554. The Labute approximate surface area is 199 Å². The Balaban J connectivity index is 1.72. The topological polar surface area (TPSA) is 50.2 Å². The molecule has 4 aromatic rings. The van der Waals surface area contributed by atoms with Crippen LogP contribution in [0.1, 0.15) is 58.0 Å². The summed E-state index contributed by atoms with van der Waals surface area (Å²) in [6.07, 6.45) is 5.85. The minimum atomic E-state index is -0.771. The molecule has 168 valence electrons. The molecule has 0 saturated carbocycles. The number of pyridine rings is 1. The Bertz CT molecular complexity index is 1310. The SMILES string of the molecule is Cc1ccc(-c2c(C(CCc3ccccc3)C(=O)O)c(C)nc3sc4c(c23)CCCC4)cc1. The number of carbonyl (C=O) groups is 1. The third-order valence-corrected chi connectivity index (χ3v) is 8.07. The van der Waals surface area contributed by atoms with Crippen LogP contribution in [0.25, 0.3) is 21.3 Å². The number of carboxylic acids is 1. The van der Waals surface area contributed by atoms with Crippen LogP contribution >= 0.6 is 11.3 Å². The molecule has 1 atom stereocenters. The highest BCUT2D eigenvalue weighted by Gasteiger charge is 2.30. The zero-order valence-corrected chi connectivity index (χ0v) is 20.0. The molecule has 0 aliphatic heterocycles. The summed E-state index contributed by atoms with van der Waals surface area (Å²) in [4.78, 5) is 20.1. The predicted molar refractivity (Wildman–Crippen MR) is 136 cm³/mol. The molecule has 1 aliphatic rings. The first kappa shape index (κ1) is 21.8. The average molecular weight is 456 g/mol. The van der Waals surface area contributed by atoms with Crippen LogP contribution in [0, 0.1) is 13.8 Å². The summed E-state index contributed by atoms with van der Waals surface area (Å²) in [5.74, 6) is -1.37. The number of aromatic nitrogens is 1. The van der Waals surface area contributed by atoms with E-state index in [0.717, 1.165) is 46.5 Å². The van der Waals surface area contributed by atoms with Crippen molar-refractivity contribution in [3.8, 4) is 11.1 Å². The van der Waals surface area contributed by atoms with Gasteiger partial charge in [0.2, 0.25) is 0 Å². The van der Waals surface area contributed by atoms with Gasteiger partial charge in [0.05, 0.1) is 5.92 Å². The second-order valence-electron chi connectivity index (χ2n) is 9.16. The third-order valence-electron chi connectivity index (χ3n) is 6.88. The number of nitrogens with zero attached hydrogens (tertiary/aromatic N) is 1. The maximum absolute atomic E-state index is 12.6. The van der Waals surface area contributed by atoms with Crippen LogP contribution in [0.5, 0.6) is 0 Å². The van der Waals surface area contributed by atoms with Gasteiger partial charge >= 0.3 is 5.97 Å². The van der Waals surface area contributed by atoms with Crippen LogP contribution in [0.2, 0.25) is 0 Å². The molecule has 5 rings (SSSR count). The van der Waals surface area contributed by atoms with Crippen LogP contribution in [-0.4, -0.2) is 16.1 Å². The molecule has 2 heterocycles. The number of aryl methyl sites for hydroxylation is 5. The summed E-state index contributed by atoms with van der Waals surface area (Å²) in [7, 11) is 0. The van der Waals surface area contributed by atoms with Gasteiger partial charge in [0.15, 0.2) is 0 Å². The Kier molecular flexibility index (Phi) is 6.03. The lowest BCUT2D eigenvalue weighted by molar-refractivity contribution is -0.139. The Morgan fingerprint density at radius 2 is 1.76 bits per heavy atom. The molecule has 0 saturated heterocycles. The van der Waals surface area contributed by atoms with Gasteiger partial charge in [-0.15, -0.1) is 11.3 Å². The van der Waals surface area contributed by atoms with Crippen LogP contribution in [0.4, 0.5) is 0 Å². The van der Waals surface area contributed by atoms with E-state index in [2.05, 4.69) is 43.3 Å². The highest BCUT2D eigenvalue weighted by atomic mass is 32.1. The zero-order chi connectivity index (χ0) is 22.9. The molecule has 33 heavy (non-hydrogen) atoms. The monoisotopic (exact) mass is 455 g/mol. The lowest BCUT2D eigenvalue weighted by atomic mass is 9.83. The molecule has 0 radical (unpaired) electrons. The highest BCUT2D eigenvalue weighted by molar-refractivity contribution is 7.19. The molecule has 2 aromatic heterocycles. The largest absolute Gasteiger partial charge is 0.481 e. The Morgan fingerprint density at radius 3 is 2.48 bits per heavy atom. The molecule has 4 heteroatoms. The number of rotatable bonds is 6. The van der Waals surface area contributed by atoms with Gasteiger partial charge in [-0.25, -0.2) is 4.98 Å². The first-order valence-electron chi connectivity index (χ1n) is 11.8. The van der Waals surface area contributed by atoms with Crippen molar-refractivity contribution in [2.75, 3.05) is 0 Å². The quantitative estimate of drug-likeness (QED) is 0.333. The minimum Gasteiger partial charge on any atom is -0.481 e. The molecule has 0 amide bonds. The van der Waals surface area contributed by atoms with Crippen molar-refractivity contribution < 1.29 is 9.90 Å². The van der Waals surface area contributed by atoms with Crippen LogP contribution in [0.3, 0.4) is 0 Å². The first-order chi connectivity index (χ1) is 16.0. The number of carboxylic acid groups (broad SMARTS) is 1. The van der Waals surface area contributed by atoms with E-state index in [4.69, 9.17) is 4.98 Å². The van der Waals surface area contributed by atoms with Crippen molar-refractivity contribution in [1.29, 1.82) is 0 Å². The molecule has 1 N–H and O–H groups in total. The van der Waals surface area contributed by atoms with Crippen molar-refractivity contribution >= 4 is 27.5 Å². The average Bonchev–Trinajstić information content (AvgIpc) is 3.18. The standard InChI is InChI=1S/C29H29NO2S/c1-18-12-15-21(16-13-18)26-25(23(29(31)32)17-14-20-8-4-3-5-9-20)19(2)30-28-27(26)22-10-6-7-11-24(22)33-28/h3-5,8-9,12-13,15-16,23H,6-7,10-11,14,17H2,1-2H3,(H,31,32). The molecular formula is C29H29NO2S. The highest BCUT2D eigenvalue weighted by Crippen LogP contribution is 2.45. The van der Waals surface area contributed by atoms with Gasteiger partial charge in [0.1, 0.15) is 4.83 Å². The van der Waals surface area contributed by atoms with Crippen LogP contribution in [-0.2, 0) is 24.1 Å². The molecule has 2 aromatic carbocycles. The van der Waals surface area contributed by atoms with E-state index in [9.17, 15) is 9.90 Å². The number of aliphatic carboxylic acids is 1. The van der Waals surface area contributed by atoms with Crippen molar-refractivity contribution in [2.24, 2.45) is 0 Å². The summed E-state index contributed by atoms with van der Waals surface area (Å²) < 4.78 is 0. The summed E-state index contributed by atoms with van der Waals surface area (Å²) in [5, 5.41) is 11.6. The lowest BCUT2D eigenvalue weighted by Gasteiger charge is -2.22. The van der Waals surface area contributed by atoms with E-state index in [1.54, 1.807) is 11.3 Å². The van der Waals surface area contributed by atoms with Crippen molar-refractivity contribution in [3.63, 3.8) is 0 Å². The van der Waals surface area contributed by atoms with E-state index >= 15 is 0 Å². The van der Waals surface area contributed by atoms with E-state index in [-0.39, 0.29) is 0 Å². The normalized spacial score (nSPS) is 14.2. The molecule has 0 bridgehead atoms. The zero-order valence-electron chi connectivity index (χ0n) is 19.2. The lowest BCUT2D eigenvalue weighted by Crippen LogP contribution is -2.16. The van der Waals surface area contributed by atoms with Crippen LogP contribution < -0.4 is 0 Å². The second-order valence-corrected chi connectivity index (χ2v) is 10.2. The fourth-order valence-electron chi connectivity index (χ4n) is 5.21. The first-order valence-corrected chi connectivity index (χ1v) is 12.6. The molecule has 0 fully saturated rings. The molecule has 1 unspecified atom stereocenters. The molecule has 0 spiro atoms. The Hall–Kier alpha value is -2.98. The summed E-state index contributed by atoms with van der Waals surface area (Å²) in [6.45, 7) is 4.08. The number of thiophene rings is 1. The van der Waals surface area contributed by atoms with Gasteiger partial charge in [-0.3, -0.25) is 4.79 Å². The second kappa shape index (κ2) is 9.11. The smallest absolute Gasteiger partial charge is 0.311 e. The summed E-state index contributed by atoms with van der Waals surface area (Å²) in [6, 6.07) is 18.7. The maximum Gasteiger partial charge on any atom is 0.311 e. The van der Waals surface area contributed by atoms with Gasteiger partial charge < -0.3 is 5.11 Å². The van der Waals surface area contributed by atoms with E-state index < -0.39 is 11.9 Å². The number of hydrogen-bond donors (Lipinski definition) is 1. The molecule has 3 nitrogen and oxygen atoms in total. The summed E-state index contributed by atoms with van der Waals surface area (Å²) in [5.41, 5.74) is 7.70. The van der Waals surface area contributed by atoms with E-state index in [0.29, 0.717) is 6.42 Å². The number of hydrogen-bond acceptors (Lipinski definition) is 3. The molecule has 1 aliphatic carbocycles. The fourth-order valence-corrected chi connectivity index (χ4v) is 6.53. The summed E-state index contributed by atoms with van der Waals surface area (Å²) >= 11 is 1.81. The van der Waals surface area contributed by atoms with Crippen molar-refractivity contribution in [2.45, 2.75) is 58.3 Å². The fraction of sp³-hybridized carbons (Fsp3) is 0.310. The van der Waals surface area contributed by atoms with Crippen molar-refractivity contribution in [3.05, 3.63) is 87.4 Å². The predicted octanol–water partition coefficient (Wildman–Crippen LogP) is 7.26. The van der Waals surface area contributed by atoms with Gasteiger partial charge in [0, 0.05) is 16.0 Å². The molecular weight excluding hydrogens is 426 g/mol. The number of benzene rings is 2.